The number of hydrogen-bond acceptors (Lipinski definition) is 3. The first-order chi connectivity index (χ1) is 10.9. The zero-order valence-corrected chi connectivity index (χ0v) is 12.9. The van der Waals surface area contributed by atoms with Crippen molar-refractivity contribution in [2.24, 2.45) is 5.73 Å². The highest BCUT2D eigenvalue weighted by atomic mass is 16.5. The molecule has 1 unspecified atom stereocenters. The van der Waals surface area contributed by atoms with E-state index >= 15 is 0 Å². The van der Waals surface area contributed by atoms with Gasteiger partial charge in [0, 0.05) is 0 Å². The van der Waals surface area contributed by atoms with E-state index in [0.29, 0.717) is 11.3 Å². The van der Waals surface area contributed by atoms with Gasteiger partial charge >= 0.3 is 12.0 Å². The molecule has 1 aromatic rings. The first-order valence-corrected chi connectivity index (χ1v) is 6.96. The Bertz CT molecular complexity index is 743. The molecule has 0 aliphatic heterocycles. The van der Waals surface area contributed by atoms with Gasteiger partial charge in [0.05, 0.1) is 7.11 Å². The molecule has 0 fully saturated rings. The van der Waals surface area contributed by atoms with Crippen molar-refractivity contribution in [2.75, 3.05) is 7.11 Å². The van der Waals surface area contributed by atoms with Gasteiger partial charge in [-0.2, -0.15) is 0 Å². The van der Waals surface area contributed by atoms with Crippen LogP contribution in [0.25, 0.3) is 11.1 Å². The Morgan fingerprint density at radius 2 is 1.96 bits per heavy atom. The maximum absolute atomic E-state index is 10.9. The molecule has 23 heavy (non-hydrogen) atoms. The summed E-state index contributed by atoms with van der Waals surface area (Å²) in [6.07, 6.45) is 0. The van der Waals surface area contributed by atoms with Gasteiger partial charge in [-0.05, 0) is 41.3 Å². The molecular formula is C17H18N2O4. The van der Waals surface area contributed by atoms with Crippen molar-refractivity contribution >= 4 is 12.0 Å². The minimum absolute atomic E-state index is 0.394. The molecule has 0 radical (unpaired) electrons. The number of nitrogens with one attached hydrogen (secondary N) is 1. The van der Waals surface area contributed by atoms with Gasteiger partial charge < -0.3 is 20.9 Å². The third kappa shape index (κ3) is 3.79. The Balaban J connectivity index is 0.000000223. The van der Waals surface area contributed by atoms with Crippen LogP contribution in [0.1, 0.15) is 17.2 Å². The molecule has 2 amide bonds. The summed E-state index contributed by atoms with van der Waals surface area (Å²) in [5.41, 5.74) is 9.65. The Labute approximate surface area is 133 Å². The minimum Gasteiger partial charge on any atom is -0.497 e. The highest BCUT2D eigenvalue weighted by Gasteiger charge is 2.21. The molecule has 0 bridgehead atoms. The van der Waals surface area contributed by atoms with Gasteiger partial charge in [-0.3, -0.25) is 0 Å². The van der Waals surface area contributed by atoms with Gasteiger partial charge in [0.15, 0.2) is 6.04 Å². The van der Waals surface area contributed by atoms with Gasteiger partial charge in [-0.1, -0.05) is 30.3 Å². The number of urea groups is 1. The molecule has 0 spiro atoms. The number of carboxylic acid groups (broad SMARTS) is 1. The molecule has 0 aromatic heterocycles. The van der Waals surface area contributed by atoms with Crippen molar-refractivity contribution in [1.29, 1.82) is 0 Å². The second kappa shape index (κ2) is 6.83. The number of carbonyl (C=O) groups excluding carboxylic acids is 1. The third-order valence-corrected chi connectivity index (χ3v) is 3.50. The molecule has 0 heterocycles. The lowest BCUT2D eigenvalue weighted by Crippen LogP contribution is -2.37. The summed E-state index contributed by atoms with van der Waals surface area (Å²) in [5, 5.41) is 11.1. The maximum atomic E-state index is 10.9. The summed E-state index contributed by atoms with van der Waals surface area (Å²) >= 11 is 0. The van der Waals surface area contributed by atoms with Crippen LogP contribution >= 0.6 is 0 Å². The number of amides is 2. The van der Waals surface area contributed by atoms with Gasteiger partial charge in [0.25, 0.3) is 0 Å². The molecule has 6 heteroatoms. The van der Waals surface area contributed by atoms with Crippen LogP contribution in [0.2, 0.25) is 0 Å². The average molecular weight is 314 g/mol. The lowest BCUT2D eigenvalue weighted by atomic mass is 9.88. The first kappa shape index (κ1) is 16.4. The zero-order chi connectivity index (χ0) is 17.0. The second-order valence-corrected chi connectivity index (χ2v) is 5.09. The van der Waals surface area contributed by atoms with E-state index in [2.05, 4.69) is 30.4 Å². The Kier molecular flexibility index (Phi) is 4.85. The molecule has 1 atom stereocenters. The topological polar surface area (TPSA) is 102 Å². The predicted octanol–water partition coefficient (Wildman–Crippen LogP) is 2.46. The van der Waals surface area contributed by atoms with Crippen LogP contribution in [0.4, 0.5) is 4.79 Å². The number of carboxylic acids is 1. The largest absolute Gasteiger partial charge is 0.497 e. The van der Waals surface area contributed by atoms with E-state index in [1.165, 1.54) is 29.9 Å². The fourth-order valence-electron chi connectivity index (χ4n) is 2.23. The van der Waals surface area contributed by atoms with E-state index in [1.807, 2.05) is 0 Å². The van der Waals surface area contributed by atoms with E-state index in [9.17, 15) is 9.59 Å². The van der Waals surface area contributed by atoms with Crippen molar-refractivity contribution in [3.05, 3.63) is 53.6 Å². The van der Waals surface area contributed by atoms with Crippen LogP contribution in [-0.2, 0) is 4.79 Å². The predicted molar refractivity (Wildman–Crippen MR) is 86.3 cm³/mol. The summed E-state index contributed by atoms with van der Waals surface area (Å²) in [6, 6.07) is 10.8. The molecule has 2 aliphatic carbocycles. The van der Waals surface area contributed by atoms with E-state index in [4.69, 9.17) is 15.6 Å². The summed E-state index contributed by atoms with van der Waals surface area (Å²) in [5.74, 6) is -0.679. The number of ether oxygens (including phenoxy) is 1. The fraction of sp³-hybridized carbons (Fsp3) is 0.176. The number of primary amides is 1. The molecular weight excluding hydrogens is 296 g/mol. The van der Waals surface area contributed by atoms with E-state index in [-0.39, 0.29) is 0 Å². The van der Waals surface area contributed by atoms with E-state index in [1.54, 1.807) is 18.2 Å². The number of nitrogens with two attached hydrogens (primary N) is 1. The lowest BCUT2D eigenvalue weighted by Gasteiger charge is -2.17. The van der Waals surface area contributed by atoms with Gasteiger partial charge in [-0.25, -0.2) is 9.59 Å². The number of methoxy groups -OCH3 is 1. The highest BCUT2D eigenvalue weighted by molar-refractivity contribution is 5.83. The normalized spacial score (nSPS) is 11.6. The Morgan fingerprint density at radius 1 is 1.22 bits per heavy atom. The summed E-state index contributed by atoms with van der Waals surface area (Å²) in [6.45, 7) is 2.14. The molecule has 0 saturated carbocycles. The van der Waals surface area contributed by atoms with Crippen LogP contribution in [-0.4, -0.2) is 24.2 Å². The summed E-state index contributed by atoms with van der Waals surface area (Å²) in [4.78, 5) is 21.6. The van der Waals surface area contributed by atoms with Crippen molar-refractivity contribution in [3.63, 3.8) is 0 Å². The molecule has 1 aromatic carbocycles. The minimum atomic E-state index is -1.19. The standard InChI is InChI=1S/C10H12N2O4.C7H6/c1-16-7-4-2-3-6(5-7)8(9(13)14)12-10(11)15;1-5-4-6-2-3-7(5)6/h2-5,8H,1H3,(H,13,14)(H3,11,12,15);2-4H,1H3. The Hall–Kier alpha value is -3.02. The third-order valence-electron chi connectivity index (χ3n) is 3.50. The summed E-state index contributed by atoms with van der Waals surface area (Å²) in [7, 11) is 1.47. The quantitative estimate of drug-likeness (QED) is 0.688. The molecule has 0 saturated heterocycles. The summed E-state index contributed by atoms with van der Waals surface area (Å²) < 4.78 is 4.95. The Morgan fingerprint density at radius 3 is 2.30 bits per heavy atom. The van der Waals surface area contributed by atoms with Crippen molar-refractivity contribution in [2.45, 2.75) is 13.0 Å². The van der Waals surface area contributed by atoms with Gasteiger partial charge in [0.2, 0.25) is 0 Å². The van der Waals surface area contributed by atoms with Crippen LogP contribution < -0.4 is 15.8 Å². The van der Waals surface area contributed by atoms with Gasteiger partial charge in [0.1, 0.15) is 5.75 Å². The van der Waals surface area contributed by atoms with Crippen LogP contribution in [0, 0.1) is 6.92 Å². The molecule has 120 valence electrons. The molecule has 3 rings (SSSR count). The number of benzene rings is 2. The lowest BCUT2D eigenvalue weighted by molar-refractivity contribution is -0.139. The van der Waals surface area contributed by atoms with E-state index < -0.39 is 18.0 Å². The molecule has 6 nitrogen and oxygen atoms in total. The van der Waals surface area contributed by atoms with Crippen LogP contribution in [0.3, 0.4) is 0 Å². The monoisotopic (exact) mass is 314 g/mol. The van der Waals surface area contributed by atoms with Crippen molar-refractivity contribution in [1.82, 2.24) is 5.32 Å². The highest BCUT2D eigenvalue weighted by Crippen LogP contribution is 2.35. The van der Waals surface area contributed by atoms with E-state index in [0.717, 1.165) is 0 Å². The second-order valence-electron chi connectivity index (χ2n) is 5.09. The number of hydrogen-bond donors (Lipinski definition) is 3. The molecule has 2 aliphatic rings. The zero-order valence-electron chi connectivity index (χ0n) is 12.9. The molecule has 4 N–H and O–H groups in total. The number of aryl methyl sites for hydroxylation is 1. The fourth-order valence-corrected chi connectivity index (χ4v) is 2.23. The van der Waals surface area contributed by atoms with Crippen molar-refractivity contribution < 1.29 is 19.4 Å². The number of aliphatic carboxylic acids is 1. The smallest absolute Gasteiger partial charge is 0.330 e. The SMILES string of the molecule is COc1cccc(C(NC(N)=O)C(=O)O)c1.Cc1cc2ccc1-2. The number of fused-ring (bicyclic) bond motifs is 1. The van der Waals surface area contributed by atoms with Crippen LogP contribution in [0.15, 0.2) is 42.5 Å². The average Bonchev–Trinajstić information content (AvgIpc) is 2.50. The number of rotatable bonds is 4. The van der Waals surface area contributed by atoms with Gasteiger partial charge in [-0.15, -0.1) is 0 Å². The van der Waals surface area contributed by atoms with Crippen LogP contribution in [0.5, 0.6) is 5.75 Å². The van der Waals surface area contributed by atoms with Crippen molar-refractivity contribution in [3.8, 4) is 16.9 Å². The first-order valence-electron chi connectivity index (χ1n) is 6.96. The number of carbonyl (C=O) groups is 2. The maximum Gasteiger partial charge on any atom is 0.330 e.